The molecule has 2 heteroatoms. The van der Waals surface area contributed by atoms with Crippen molar-refractivity contribution in [2.24, 2.45) is 4.99 Å². The van der Waals surface area contributed by atoms with Gasteiger partial charge in [-0.3, -0.25) is 0 Å². The summed E-state index contributed by atoms with van der Waals surface area (Å²) in [4.78, 5) is 6.03. The van der Waals surface area contributed by atoms with Crippen LogP contribution >= 0.6 is 0 Å². The second-order valence-electron chi connectivity index (χ2n) is 1.79. The van der Waals surface area contributed by atoms with Crippen LogP contribution in [0.15, 0.2) is 4.99 Å². The molecule has 0 aromatic carbocycles. The predicted octanol–water partition coefficient (Wildman–Crippen LogP) is 2.08. The van der Waals surface area contributed by atoms with Gasteiger partial charge in [-0.25, -0.2) is 0 Å². The maximum Gasteiger partial charge on any atom is -0.0927 e. The van der Waals surface area contributed by atoms with Crippen molar-refractivity contribution < 1.29 is 15.0 Å². The topological polar surface area (TPSA) is 12.4 Å². The van der Waals surface area contributed by atoms with E-state index in [2.05, 4.69) is 31.7 Å². The SMILES string of the molecule is CC(C)N=[C]=[Ni].[CH2-]CC. The Morgan fingerprint density at radius 3 is 2.00 bits per heavy atom. The van der Waals surface area contributed by atoms with E-state index >= 15 is 0 Å². The summed E-state index contributed by atoms with van der Waals surface area (Å²) in [5.74, 6) is 0. The fourth-order valence-corrected chi connectivity index (χ4v) is 0.337. The largest absolute Gasteiger partial charge is 0.344 e. The van der Waals surface area contributed by atoms with Crippen LogP contribution in [-0.4, -0.2) is 10.8 Å². The van der Waals surface area contributed by atoms with Crippen molar-refractivity contribution in [1.29, 1.82) is 0 Å². The Balaban J connectivity index is 0. The van der Waals surface area contributed by atoms with E-state index in [0.717, 1.165) is 6.42 Å². The van der Waals surface area contributed by atoms with E-state index in [1.54, 1.807) is 0 Å². The fourth-order valence-electron chi connectivity index (χ4n) is 0.0816. The molecule has 58 valence electrons. The van der Waals surface area contributed by atoms with Gasteiger partial charge in [0.05, 0.1) is 0 Å². The molecule has 0 atom stereocenters. The number of aliphatic imine (C=N–C) groups is 1. The first kappa shape index (κ1) is 11.8. The van der Waals surface area contributed by atoms with Gasteiger partial charge < -0.3 is 6.92 Å². The van der Waals surface area contributed by atoms with Gasteiger partial charge in [0.25, 0.3) is 0 Å². The van der Waals surface area contributed by atoms with Gasteiger partial charge in [-0.2, -0.15) is 6.42 Å². The van der Waals surface area contributed by atoms with E-state index in [1.807, 2.05) is 20.8 Å². The Morgan fingerprint density at radius 2 is 2.00 bits per heavy atom. The molecule has 0 fully saturated rings. The standard InChI is InChI=1S/C4H7N.C3H7.Ni/c1-4(2)5-3;1-3-2;/h4H,1-2H3;1,3H2,2H3;/q;-1;. The van der Waals surface area contributed by atoms with E-state index in [0.29, 0.717) is 6.04 Å². The molecule has 0 bridgehead atoms. The number of nitrogens with zero attached hydrogens (tertiary/aromatic N) is 1. The molecular formula is C7H14NNi-. The third-order valence-electron chi connectivity index (χ3n) is 0.299. The maximum atomic E-state index is 4.06. The normalized spacial score (nSPS) is 7.44. The average molecular weight is 171 g/mol. The summed E-state index contributed by atoms with van der Waals surface area (Å²) in [7, 11) is 0. The molecule has 0 amide bonds. The quantitative estimate of drug-likeness (QED) is 0.325. The van der Waals surface area contributed by atoms with Gasteiger partial charge in [-0.1, -0.05) is 6.92 Å². The molecule has 9 heavy (non-hydrogen) atoms. The van der Waals surface area contributed by atoms with Crippen LogP contribution in [0.5, 0.6) is 0 Å². The van der Waals surface area contributed by atoms with Crippen molar-refractivity contribution in [3.8, 4) is 0 Å². The average Bonchev–Trinajstić information content (AvgIpc) is 1.67. The Hall–Kier alpha value is 0.0735. The van der Waals surface area contributed by atoms with Gasteiger partial charge in [-0.15, -0.1) is 0 Å². The van der Waals surface area contributed by atoms with Gasteiger partial charge in [0, 0.05) is 0 Å². The monoisotopic (exact) mass is 170 g/mol. The zero-order valence-electron chi connectivity index (χ0n) is 6.26. The molecule has 0 spiro atoms. The number of hydrogen-bond donors (Lipinski definition) is 0. The molecular weight excluding hydrogens is 157 g/mol. The van der Waals surface area contributed by atoms with Gasteiger partial charge in [0.15, 0.2) is 0 Å². The minimum Gasteiger partial charge on any atom is -0.344 e. The minimum absolute atomic E-state index is 0.318. The smallest absolute Gasteiger partial charge is 0.0927 e. The van der Waals surface area contributed by atoms with Crippen LogP contribution in [0.1, 0.15) is 27.2 Å². The summed E-state index contributed by atoms with van der Waals surface area (Å²) in [6.45, 7) is 9.43. The Morgan fingerprint density at radius 1 is 1.67 bits per heavy atom. The molecule has 0 rings (SSSR count). The number of rotatable bonds is 1. The summed E-state index contributed by atoms with van der Waals surface area (Å²) in [6.07, 6.45) is 1.00. The molecule has 0 radical (unpaired) electrons. The van der Waals surface area contributed by atoms with Crippen LogP contribution in [0.3, 0.4) is 0 Å². The maximum absolute atomic E-state index is 4.06. The molecule has 0 aliphatic rings. The Labute approximate surface area is 65.5 Å². The van der Waals surface area contributed by atoms with Gasteiger partial charge in [-0.05, 0) is 0 Å². The van der Waals surface area contributed by atoms with E-state index in [1.165, 1.54) is 0 Å². The van der Waals surface area contributed by atoms with Crippen LogP contribution in [0.25, 0.3) is 0 Å². The zero-order chi connectivity index (χ0) is 7.70. The zero-order valence-corrected chi connectivity index (χ0v) is 7.24. The van der Waals surface area contributed by atoms with Crippen molar-refractivity contribution in [2.45, 2.75) is 33.2 Å². The van der Waals surface area contributed by atoms with Crippen LogP contribution in [-0.2, 0) is 15.0 Å². The van der Waals surface area contributed by atoms with E-state index in [9.17, 15) is 0 Å². The third kappa shape index (κ3) is 31.5. The van der Waals surface area contributed by atoms with Crippen molar-refractivity contribution in [3.05, 3.63) is 6.92 Å². The predicted molar refractivity (Wildman–Crippen MR) is 38.2 cm³/mol. The second kappa shape index (κ2) is 11.0. The first-order valence-electron chi connectivity index (χ1n) is 3.00. The van der Waals surface area contributed by atoms with E-state index in [-0.39, 0.29) is 0 Å². The fraction of sp³-hybridized carbons (Fsp3) is 0.714. The summed E-state index contributed by atoms with van der Waals surface area (Å²) in [5, 5.41) is 0. The van der Waals surface area contributed by atoms with Crippen LogP contribution < -0.4 is 0 Å². The van der Waals surface area contributed by atoms with Crippen molar-refractivity contribution in [1.82, 2.24) is 0 Å². The summed E-state index contributed by atoms with van der Waals surface area (Å²) >= 11 is 4.06. The van der Waals surface area contributed by atoms with Crippen LogP contribution in [0.4, 0.5) is 0 Å². The van der Waals surface area contributed by atoms with Gasteiger partial charge in [0.2, 0.25) is 0 Å². The van der Waals surface area contributed by atoms with Crippen LogP contribution in [0, 0.1) is 6.92 Å². The van der Waals surface area contributed by atoms with Gasteiger partial charge >= 0.3 is 44.7 Å². The molecule has 0 aliphatic heterocycles. The van der Waals surface area contributed by atoms with Crippen LogP contribution in [0.2, 0.25) is 0 Å². The summed E-state index contributed by atoms with van der Waals surface area (Å²) in [6, 6.07) is 0.318. The molecule has 0 saturated carbocycles. The first-order chi connectivity index (χ1) is 4.18. The van der Waals surface area contributed by atoms with Crippen molar-refractivity contribution in [3.63, 3.8) is 0 Å². The first-order valence-corrected chi connectivity index (χ1v) is 3.50. The Bertz CT molecular complexity index is 82.9. The van der Waals surface area contributed by atoms with E-state index < -0.39 is 0 Å². The summed E-state index contributed by atoms with van der Waals surface area (Å²) in [5.41, 5.74) is 0. The van der Waals surface area contributed by atoms with Crippen molar-refractivity contribution >= 4 is 4.79 Å². The Kier molecular flexibility index (Phi) is 14.4. The summed E-state index contributed by atoms with van der Waals surface area (Å²) < 4.78 is 0. The van der Waals surface area contributed by atoms with Crippen molar-refractivity contribution in [2.75, 3.05) is 0 Å². The molecule has 0 aromatic heterocycles. The number of hydrogen-bond acceptors (Lipinski definition) is 1. The molecule has 0 aromatic rings. The molecule has 0 aliphatic carbocycles. The molecule has 0 N–H and O–H groups in total. The molecule has 0 saturated heterocycles. The third-order valence-corrected chi connectivity index (χ3v) is 0.427. The second-order valence-corrected chi connectivity index (χ2v) is 2.01. The molecule has 0 heterocycles. The minimum atomic E-state index is 0.318. The van der Waals surface area contributed by atoms with E-state index in [4.69, 9.17) is 0 Å². The van der Waals surface area contributed by atoms with Gasteiger partial charge in [0.1, 0.15) is 0 Å². The molecule has 0 unspecified atom stereocenters. The molecule has 1 nitrogen and oxygen atoms in total.